The van der Waals surface area contributed by atoms with Crippen LogP contribution in [-0.2, 0) is 6.54 Å². The van der Waals surface area contributed by atoms with Crippen LogP contribution in [-0.4, -0.2) is 20.2 Å². The fraction of sp³-hybridized carbons (Fsp3) is 0.125. The molecule has 5 nitrogen and oxygen atoms in total. The van der Waals surface area contributed by atoms with E-state index in [1.165, 1.54) is 12.5 Å². The first-order chi connectivity index (χ1) is 7.25. The molecule has 7 heteroatoms. The number of H-pyrrole nitrogens is 1. The first kappa shape index (κ1) is 10.2. The van der Waals surface area contributed by atoms with E-state index in [1.54, 1.807) is 6.07 Å². The molecule has 2 aromatic heterocycles. The zero-order chi connectivity index (χ0) is 10.7. The molecule has 2 aromatic rings. The summed E-state index contributed by atoms with van der Waals surface area (Å²) in [5.74, 6) is 1.28. The third-order valence-corrected chi connectivity index (χ3v) is 2.19. The Morgan fingerprint density at radius 2 is 2.20 bits per heavy atom. The number of pyridine rings is 1. The number of aromatic amines is 1. The summed E-state index contributed by atoms with van der Waals surface area (Å²) in [7, 11) is 0. The van der Waals surface area contributed by atoms with E-state index >= 15 is 0 Å². The standard InChI is InChI=1S/C8H7Cl2N5/c9-5-1-6(10)8(11-2-5)12-3-7-13-4-14-15-7/h1-2,4H,3H2,(H,11,12)(H,13,14,15). The molecular weight excluding hydrogens is 237 g/mol. The Kier molecular flexibility index (Phi) is 3.03. The highest BCUT2D eigenvalue weighted by atomic mass is 35.5. The Bertz CT molecular complexity index is 442. The molecule has 0 spiro atoms. The predicted molar refractivity (Wildman–Crippen MR) is 58.0 cm³/mol. The van der Waals surface area contributed by atoms with E-state index < -0.39 is 0 Å². The lowest BCUT2D eigenvalue weighted by Crippen LogP contribution is -2.03. The van der Waals surface area contributed by atoms with Crippen LogP contribution in [0.5, 0.6) is 0 Å². The van der Waals surface area contributed by atoms with Crippen molar-refractivity contribution in [2.24, 2.45) is 0 Å². The highest BCUT2D eigenvalue weighted by molar-refractivity contribution is 6.35. The fourth-order valence-electron chi connectivity index (χ4n) is 1.03. The van der Waals surface area contributed by atoms with E-state index in [2.05, 4.69) is 25.5 Å². The third-order valence-electron chi connectivity index (χ3n) is 1.70. The van der Waals surface area contributed by atoms with Crippen LogP contribution in [0.25, 0.3) is 0 Å². The minimum atomic E-state index is 0.474. The van der Waals surface area contributed by atoms with Gasteiger partial charge in [-0.2, -0.15) is 5.10 Å². The molecule has 0 bridgehead atoms. The molecule has 0 unspecified atom stereocenters. The fourth-order valence-corrected chi connectivity index (χ4v) is 1.47. The smallest absolute Gasteiger partial charge is 0.145 e. The van der Waals surface area contributed by atoms with Crippen molar-refractivity contribution in [3.63, 3.8) is 0 Å². The highest BCUT2D eigenvalue weighted by Gasteiger charge is 2.03. The second-order valence-corrected chi connectivity index (χ2v) is 3.61. The molecule has 0 fully saturated rings. The first-order valence-electron chi connectivity index (χ1n) is 4.15. The topological polar surface area (TPSA) is 66.5 Å². The van der Waals surface area contributed by atoms with Crippen molar-refractivity contribution in [1.82, 2.24) is 20.2 Å². The number of nitrogens with one attached hydrogen (secondary N) is 2. The van der Waals surface area contributed by atoms with Crippen LogP contribution in [0.15, 0.2) is 18.6 Å². The average molecular weight is 244 g/mol. The zero-order valence-electron chi connectivity index (χ0n) is 7.54. The maximum absolute atomic E-state index is 5.91. The summed E-state index contributed by atoms with van der Waals surface area (Å²) in [5.41, 5.74) is 0. The minimum absolute atomic E-state index is 0.474. The number of nitrogens with zero attached hydrogens (tertiary/aromatic N) is 3. The second kappa shape index (κ2) is 4.46. The van der Waals surface area contributed by atoms with Gasteiger partial charge in [-0.05, 0) is 6.07 Å². The van der Waals surface area contributed by atoms with Gasteiger partial charge >= 0.3 is 0 Å². The van der Waals surface area contributed by atoms with E-state index in [0.717, 1.165) is 0 Å². The van der Waals surface area contributed by atoms with Crippen molar-refractivity contribution in [3.05, 3.63) is 34.5 Å². The Balaban J connectivity index is 2.05. The first-order valence-corrected chi connectivity index (χ1v) is 4.90. The zero-order valence-corrected chi connectivity index (χ0v) is 9.05. The van der Waals surface area contributed by atoms with Crippen LogP contribution in [0.2, 0.25) is 10.0 Å². The van der Waals surface area contributed by atoms with Crippen LogP contribution in [0.1, 0.15) is 5.82 Å². The summed E-state index contributed by atoms with van der Waals surface area (Å²) in [6.07, 6.45) is 2.96. The summed E-state index contributed by atoms with van der Waals surface area (Å²) in [6.45, 7) is 0.481. The number of halogens is 2. The van der Waals surface area contributed by atoms with Crippen LogP contribution in [0.4, 0.5) is 5.82 Å². The molecule has 0 radical (unpaired) electrons. The lowest BCUT2D eigenvalue weighted by atomic mass is 10.4. The molecular formula is C8H7Cl2N5. The van der Waals surface area contributed by atoms with E-state index in [1.807, 2.05) is 0 Å². The van der Waals surface area contributed by atoms with Crippen LogP contribution < -0.4 is 5.32 Å². The normalized spacial score (nSPS) is 10.3. The Hall–Kier alpha value is -1.33. The molecule has 0 saturated heterocycles. The Morgan fingerprint density at radius 3 is 2.87 bits per heavy atom. The van der Waals surface area contributed by atoms with Crippen molar-refractivity contribution in [3.8, 4) is 0 Å². The summed E-state index contributed by atoms with van der Waals surface area (Å²) in [6, 6.07) is 1.62. The second-order valence-electron chi connectivity index (χ2n) is 2.77. The largest absolute Gasteiger partial charge is 0.362 e. The molecule has 2 heterocycles. The van der Waals surface area contributed by atoms with Gasteiger partial charge in [0.2, 0.25) is 0 Å². The lowest BCUT2D eigenvalue weighted by Gasteiger charge is -2.04. The summed E-state index contributed by atoms with van der Waals surface area (Å²) in [5, 5.41) is 10.4. The van der Waals surface area contributed by atoms with Gasteiger partial charge in [-0.1, -0.05) is 23.2 Å². The van der Waals surface area contributed by atoms with E-state index in [4.69, 9.17) is 23.2 Å². The third kappa shape index (κ3) is 2.57. The number of rotatable bonds is 3. The summed E-state index contributed by atoms with van der Waals surface area (Å²) >= 11 is 11.6. The van der Waals surface area contributed by atoms with Crippen molar-refractivity contribution in [2.45, 2.75) is 6.54 Å². The molecule has 0 aliphatic rings. The highest BCUT2D eigenvalue weighted by Crippen LogP contribution is 2.22. The van der Waals surface area contributed by atoms with Crippen LogP contribution in [0.3, 0.4) is 0 Å². The SMILES string of the molecule is Clc1cnc(NCc2ncn[nH]2)c(Cl)c1. The molecule has 0 atom stereocenters. The minimum Gasteiger partial charge on any atom is -0.362 e. The van der Waals surface area contributed by atoms with Gasteiger partial charge in [-0.25, -0.2) is 9.97 Å². The molecule has 2 N–H and O–H groups in total. The van der Waals surface area contributed by atoms with Crippen molar-refractivity contribution in [1.29, 1.82) is 0 Å². The molecule has 0 saturated carbocycles. The molecule has 0 amide bonds. The lowest BCUT2D eigenvalue weighted by molar-refractivity contribution is 0.947. The molecule has 78 valence electrons. The maximum atomic E-state index is 5.91. The summed E-state index contributed by atoms with van der Waals surface area (Å²) in [4.78, 5) is 7.99. The molecule has 0 aliphatic carbocycles. The van der Waals surface area contributed by atoms with Crippen LogP contribution >= 0.6 is 23.2 Å². The number of aromatic nitrogens is 4. The number of hydrogen-bond donors (Lipinski definition) is 2. The average Bonchev–Trinajstić information content (AvgIpc) is 2.69. The number of hydrogen-bond acceptors (Lipinski definition) is 4. The van der Waals surface area contributed by atoms with Gasteiger partial charge in [0.25, 0.3) is 0 Å². The maximum Gasteiger partial charge on any atom is 0.145 e. The Morgan fingerprint density at radius 1 is 1.33 bits per heavy atom. The van der Waals surface area contributed by atoms with Gasteiger partial charge in [0, 0.05) is 6.20 Å². The number of anilines is 1. The van der Waals surface area contributed by atoms with E-state index in [0.29, 0.717) is 28.2 Å². The van der Waals surface area contributed by atoms with Gasteiger partial charge in [0.05, 0.1) is 16.6 Å². The molecule has 2 rings (SSSR count). The van der Waals surface area contributed by atoms with Gasteiger partial charge in [-0.3, -0.25) is 5.10 Å². The van der Waals surface area contributed by atoms with Crippen LogP contribution in [0, 0.1) is 0 Å². The molecule has 0 aromatic carbocycles. The van der Waals surface area contributed by atoms with Crippen molar-refractivity contribution in [2.75, 3.05) is 5.32 Å². The Labute approximate surface area is 95.8 Å². The predicted octanol–water partition coefficient (Wildman–Crippen LogP) is 2.12. The molecule has 0 aliphatic heterocycles. The van der Waals surface area contributed by atoms with Crippen molar-refractivity contribution < 1.29 is 0 Å². The van der Waals surface area contributed by atoms with Gasteiger partial charge in [-0.15, -0.1) is 0 Å². The van der Waals surface area contributed by atoms with E-state index in [-0.39, 0.29) is 0 Å². The molecule has 15 heavy (non-hydrogen) atoms. The summed E-state index contributed by atoms with van der Waals surface area (Å²) < 4.78 is 0. The van der Waals surface area contributed by atoms with Crippen molar-refractivity contribution >= 4 is 29.0 Å². The quantitative estimate of drug-likeness (QED) is 0.867. The monoisotopic (exact) mass is 243 g/mol. The van der Waals surface area contributed by atoms with Gasteiger partial charge in [0.1, 0.15) is 18.0 Å². The van der Waals surface area contributed by atoms with Gasteiger partial charge in [0.15, 0.2) is 0 Å². The van der Waals surface area contributed by atoms with E-state index in [9.17, 15) is 0 Å². The van der Waals surface area contributed by atoms with Gasteiger partial charge < -0.3 is 5.32 Å².